The maximum Gasteiger partial charge on any atom is 0.170 e. The normalized spacial score (nSPS) is 25.0. The van der Waals surface area contributed by atoms with Crippen molar-refractivity contribution < 1.29 is 13.9 Å². The number of rotatable bonds is 2. The highest BCUT2D eigenvalue weighted by molar-refractivity contribution is 6.34. The summed E-state index contributed by atoms with van der Waals surface area (Å²) in [5.74, 6) is -0.853. The van der Waals surface area contributed by atoms with Gasteiger partial charge in [0, 0.05) is 12.5 Å². The lowest BCUT2D eigenvalue weighted by atomic mass is 9.80. The zero-order valence-corrected chi connectivity index (χ0v) is 12.1. The lowest BCUT2D eigenvalue weighted by Gasteiger charge is -2.37. The summed E-state index contributed by atoms with van der Waals surface area (Å²) in [6.07, 6.45) is 5.70. The molecule has 0 amide bonds. The number of hydrogen-bond donors (Lipinski definition) is 0. The molecule has 1 aromatic carbocycles. The van der Waals surface area contributed by atoms with Crippen LogP contribution in [0, 0.1) is 11.7 Å². The van der Waals surface area contributed by atoms with Gasteiger partial charge in [-0.2, -0.15) is 0 Å². The van der Waals surface area contributed by atoms with Crippen LogP contribution >= 0.6 is 11.6 Å². The molecule has 1 heterocycles. The summed E-state index contributed by atoms with van der Waals surface area (Å²) in [6, 6.07) is 4.39. The minimum Gasteiger partial charge on any atom is -0.375 e. The van der Waals surface area contributed by atoms with Gasteiger partial charge in [-0.1, -0.05) is 30.5 Å². The van der Waals surface area contributed by atoms with Crippen molar-refractivity contribution in [2.75, 3.05) is 6.61 Å². The Kier molecular flexibility index (Phi) is 3.83. The number of ether oxygens (including phenoxy) is 1. The van der Waals surface area contributed by atoms with E-state index in [1.54, 1.807) is 6.07 Å². The Labute approximate surface area is 123 Å². The molecule has 108 valence electrons. The zero-order valence-electron chi connectivity index (χ0n) is 11.3. The first-order valence-electron chi connectivity index (χ1n) is 7.23. The number of carbonyl (C=O) groups excluding carboxylic acids is 1. The van der Waals surface area contributed by atoms with Gasteiger partial charge in [0.1, 0.15) is 5.82 Å². The van der Waals surface area contributed by atoms with Gasteiger partial charge >= 0.3 is 0 Å². The van der Waals surface area contributed by atoms with E-state index >= 15 is 0 Å². The second-order valence-electron chi connectivity index (χ2n) is 5.89. The Bertz CT molecular complexity index is 503. The topological polar surface area (TPSA) is 26.3 Å². The first kappa shape index (κ1) is 14.0. The highest BCUT2D eigenvalue weighted by atomic mass is 35.5. The standard InChI is InChI=1S/C16H18ClFO2/c17-12-4-3-5-13(18)14(12)15(19)11-6-9-20-16(10-11)7-1-2-8-16/h3-5,11H,1-2,6-10H2. The summed E-state index contributed by atoms with van der Waals surface area (Å²) in [5.41, 5.74) is -0.0924. The van der Waals surface area contributed by atoms with Gasteiger partial charge in [-0.05, 0) is 37.8 Å². The molecular weight excluding hydrogens is 279 g/mol. The van der Waals surface area contributed by atoms with Crippen LogP contribution in [0.15, 0.2) is 18.2 Å². The summed E-state index contributed by atoms with van der Waals surface area (Å²) in [4.78, 5) is 12.6. The summed E-state index contributed by atoms with van der Waals surface area (Å²) >= 11 is 6.00. The van der Waals surface area contributed by atoms with E-state index < -0.39 is 5.82 Å². The quantitative estimate of drug-likeness (QED) is 0.756. The molecule has 1 aromatic rings. The van der Waals surface area contributed by atoms with Crippen molar-refractivity contribution in [3.8, 4) is 0 Å². The molecule has 2 nitrogen and oxygen atoms in total. The van der Waals surface area contributed by atoms with Gasteiger partial charge in [0.25, 0.3) is 0 Å². The Balaban J connectivity index is 1.83. The van der Waals surface area contributed by atoms with Crippen LogP contribution in [0.5, 0.6) is 0 Å². The number of benzene rings is 1. The van der Waals surface area contributed by atoms with Gasteiger partial charge in [-0.15, -0.1) is 0 Å². The predicted octanol–water partition coefficient (Wildman–Crippen LogP) is 4.40. The number of halogens is 2. The highest BCUT2D eigenvalue weighted by Crippen LogP contribution is 2.43. The maximum atomic E-state index is 13.9. The number of Topliss-reactive ketones (excluding diaryl/α,β-unsaturated/α-hetero) is 1. The third kappa shape index (κ3) is 2.49. The maximum absolute atomic E-state index is 13.9. The van der Waals surface area contributed by atoms with E-state index in [9.17, 15) is 9.18 Å². The predicted molar refractivity (Wildman–Crippen MR) is 75.6 cm³/mol. The van der Waals surface area contributed by atoms with Crippen molar-refractivity contribution in [2.24, 2.45) is 5.92 Å². The lowest BCUT2D eigenvalue weighted by Crippen LogP contribution is -2.40. The Hall–Kier alpha value is -0.930. The van der Waals surface area contributed by atoms with Crippen molar-refractivity contribution in [3.63, 3.8) is 0 Å². The number of hydrogen-bond acceptors (Lipinski definition) is 2. The highest BCUT2D eigenvalue weighted by Gasteiger charge is 2.42. The third-order valence-electron chi connectivity index (χ3n) is 4.59. The van der Waals surface area contributed by atoms with Crippen LogP contribution in [0.1, 0.15) is 48.9 Å². The van der Waals surface area contributed by atoms with Crippen LogP contribution in [-0.4, -0.2) is 18.0 Å². The van der Waals surface area contributed by atoms with Gasteiger partial charge in [-0.25, -0.2) is 4.39 Å². The SMILES string of the molecule is O=C(c1c(F)cccc1Cl)C1CCOC2(CCCC2)C1. The zero-order chi connectivity index (χ0) is 14.2. The molecule has 1 unspecified atom stereocenters. The van der Waals surface area contributed by atoms with Crippen molar-refractivity contribution >= 4 is 17.4 Å². The smallest absolute Gasteiger partial charge is 0.170 e. The molecule has 4 heteroatoms. The van der Waals surface area contributed by atoms with Gasteiger partial charge in [0.2, 0.25) is 0 Å². The monoisotopic (exact) mass is 296 g/mol. The molecular formula is C16H18ClFO2. The Morgan fingerprint density at radius 3 is 2.80 bits per heavy atom. The molecule has 0 bridgehead atoms. The number of ketones is 1. The molecule has 0 radical (unpaired) electrons. The molecule has 1 aliphatic heterocycles. The minimum atomic E-state index is -0.519. The molecule has 2 aliphatic rings. The summed E-state index contributed by atoms with van der Waals surface area (Å²) in [5, 5.41) is 0.210. The molecule has 3 rings (SSSR count). The molecule has 1 saturated heterocycles. The Morgan fingerprint density at radius 1 is 1.35 bits per heavy atom. The second kappa shape index (κ2) is 5.45. The minimum absolute atomic E-state index is 0.0502. The molecule has 20 heavy (non-hydrogen) atoms. The van der Waals surface area contributed by atoms with Crippen molar-refractivity contribution in [1.82, 2.24) is 0 Å². The van der Waals surface area contributed by atoms with Crippen molar-refractivity contribution in [1.29, 1.82) is 0 Å². The number of carbonyl (C=O) groups is 1. The van der Waals surface area contributed by atoms with E-state index in [4.69, 9.17) is 16.3 Å². The van der Waals surface area contributed by atoms with E-state index in [1.165, 1.54) is 12.1 Å². The van der Waals surface area contributed by atoms with Gasteiger partial charge < -0.3 is 4.74 Å². The van der Waals surface area contributed by atoms with E-state index in [0.717, 1.165) is 25.7 Å². The van der Waals surface area contributed by atoms with Crippen LogP contribution in [0.25, 0.3) is 0 Å². The largest absolute Gasteiger partial charge is 0.375 e. The summed E-state index contributed by atoms with van der Waals surface area (Å²) in [7, 11) is 0. The van der Waals surface area contributed by atoms with Crippen LogP contribution < -0.4 is 0 Å². The van der Waals surface area contributed by atoms with E-state index in [0.29, 0.717) is 19.4 Å². The fraction of sp³-hybridized carbons (Fsp3) is 0.562. The van der Waals surface area contributed by atoms with Crippen molar-refractivity contribution in [3.05, 3.63) is 34.6 Å². The lowest BCUT2D eigenvalue weighted by molar-refractivity contribution is -0.0866. The average molecular weight is 297 g/mol. The van der Waals surface area contributed by atoms with Crippen LogP contribution in [-0.2, 0) is 4.74 Å². The van der Waals surface area contributed by atoms with E-state index in [-0.39, 0.29) is 27.9 Å². The molecule has 1 aliphatic carbocycles. The summed E-state index contributed by atoms with van der Waals surface area (Å²) < 4.78 is 19.8. The fourth-order valence-electron chi connectivity index (χ4n) is 3.56. The third-order valence-corrected chi connectivity index (χ3v) is 4.90. The van der Waals surface area contributed by atoms with E-state index in [1.807, 2.05) is 0 Å². The molecule has 0 aromatic heterocycles. The van der Waals surface area contributed by atoms with Crippen LogP contribution in [0.3, 0.4) is 0 Å². The van der Waals surface area contributed by atoms with Crippen LogP contribution in [0.2, 0.25) is 5.02 Å². The average Bonchev–Trinajstić information content (AvgIpc) is 2.86. The first-order chi connectivity index (χ1) is 9.61. The van der Waals surface area contributed by atoms with Gasteiger partial charge in [0.15, 0.2) is 5.78 Å². The second-order valence-corrected chi connectivity index (χ2v) is 6.30. The molecule has 0 N–H and O–H groups in total. The van der Waals surface area contributed by atoms with Crippen molar-refractivity contribution in [2.45, 2.75) is 44.1 Å². The molecule has 2 fully saturated rings. The first-order valence-corrected chi connectivity index (χ1v) is 7.61. The Morgan fingerprint density at radius 2 is 2.10 bits per heavy atom. The molecule has 1 spiro atoms. The van der Waals surface area contributed by atoms with Crippen LogP contribution in [0.4, 0.5) is 4.39 Å². The van der Waals surface area contributed by atoms with Gasteiger partial charge in [-0.3, -0.25) is 4.79 Å². The summed E-state index contributed by atoms with van der Waals surface area (Å²) in [6.45, 7) is 0.586. The molecule has 1 saturated carbocycles. The van der Waals surface area contributed by atoms with Gasteiger partial charge in [0.05, 0.1) is 16.2 Å². The van der Waals surface area contributed by atoms with E-state index in [2.05, 4.69) is 0 Å². The molecule has 1 atom stereocenters. The fourth-order valence-corrected chi connectivity index (χ4v) is 3.81.